The summed E-state index contributed by atoms with van der Waals surface area (Å²) in [5.41, 5.74) is 4.74. The smallest absolute Gasteiger partial charge is 0.253 e. The summed E-state index contributed by atoms with van der Waals surface area (Å²) >= 11 is 0. The van der Waals surface area contributed by atoms with Crippen molar-refractivity contribution in [1.82, 2.24) is 0 Å². The Labute approximate surface area is 142 Å². The van der Waals surface area contributed by atoms with Gasteiger partial charge in [-0.15, -0.1) is 0 Å². The number of nitrogens with zero attached hydrogens (tertiary/aromatic N) is 1. The van der Waals surface area contributed by atoms with E-state index in [0.717, 1.165) is 43.6 Å². The van der Waals surface area contributed by atoms with Gasteiger partial charge in [0.15, 0.2) is 0 Å². The molecule has 1 saturated heterocycles. The largest absolute Gasteiger partial charge is 0.368 e. The van der Waals surface area contributed by atoms with Gasteiger partial charge in [0.2, 0.25) is 0 Å². The summed E-state index contributed by atoms with van der Waals surface area (Å²) in [4.78, 5) is 14.7. The monoisotopic (exact) mass is 322 g/mol. The van der Waals surface area contributed by atoms with E-state index in [1.807, 2.05) is 18.2 Å². The Bertz CT molecular complexity index is 738. The number of carbonyl (C=O) groups excluding carboxylic acids is 1. The lowest BCUT2D eigenvalue weighted by molar-refractivity contribution is -0.124. The molecule has 4 rings (SSSR count). The lowest BCUT2D eigenvalue weighted by Gasteiger charge is -2.22. The number of rotatable bonds is 4. The van der Waals surface area contributed by atoms with Gasteiger partial charge in [0.05, 0.1) is 0 Å². The second kappa shape index (κ2) is 6.65. The number of hydrogen-bond acceptors (Lipinski definition) is 3. The molecule has 124 valence electrons. The molecule has 1 amide bonds. The molecule has 1 atom stereocenters. The highest BCUT2D eigenvalue weighted by molar-refractivity contribution is 5.95. The maximum absolute atomic E-state index is 12.4. The van der Waals surface area contributed by atoms with Crippen LogP contribution in [0.1, 0.15) is 24.0 Å². The summed E-state index contributed by atoms with van der Waals surface area (Å²) < 4.78 is 5.48. The van der Waals surface area contributed by atoms with E-state index in [1.165, 1.54) is 11.3 Å². The normalized spacial score (nSPS) is 19.3. The molecule has 0 spiro atoms. The van der Waals surface area contributed by atoms with Crippen molar-refractivity contribution < 1.29 is 9.53 Å². The van der Waals surface area contributed by atoms with Crippen molar-refractivity contribution in [3.63, 3.8) is 0 Å². The molecule has 1 unspecified atom stereocenters. The quantitative estimate of drug-likeness (QED) is 0.938. The Hall–Kier alpha value is -2.33. The molecule has 0 radical (unpaired) electrons. The second-order valence-corrected chi connectivity index (χ2v) is 6.45. The van der Waals surface area contributed by atoms with Crippen molar-refractivity contribution in [2.75, 3.05) is 23.4 Å². The van der Waals surface area contributed by atoms with Gasteiger partial charge in [-0.05, 0) is 42.5 Å². The van der Waals surface area contributed by atoms with E-state index >= 15 is 0 Å². The van der Waals surface area contributed by atoms with Crippen molar-refractivity contribution in [3.05, 3.63) is 59.7 Å². The predicted molar refractivity (Wildman–Crippen MR) is 95.2 cm³/mol. The van der Waals surface area contributed by atoms with Crippen LogP contribution in [0.3, 0.4) is 0 Å². The summed E-state index contributed by atoms with van der Waals surface area (Å²) in [6.07, 6.45) is 2.56. The topological polar surface area (TPSA) is 41.6 Å². The number of hydrogen-bond donors (Lipinski definition) is 1. The van der Waals surface area contributed by atoms with Crippen LogP contribution in [0.2, 0.25) is 0 Å². The van der Waals surface area contributed by atoms with Gasteiger partial charge in [0.1, 0.15) is 6.10 Å². The molecule has 2 aliphatic rings. The first-order valence-corrected chi connectivity index (χ1v) is 8.64. The van der Waals surface area contributed by atoms with Gasteiger partial charge in [0.25, 0.3) is 5.91 Å². The van der Waals surface area contributed by atoms with Gasteiger partial charge in [0, 0.05) is 31.1 Å². The van der Waals surface area contributed by atoms with E-state index in [1.54, 1.807) is 0 Å². The van der Waals surface area contributed by atoms with Crippen molar-refractivity contribution in [3.8, 4) is 0 Å². The van der Waals surface area contributed by atoms with Crippen LogP contribution in [-0.4, -0.2) is 25.2 Å². The first-order valence-electron chi connectivity index (χ1n) is 8.64. The van der Waals surface area contributed by atoms with Crippen LogP contribution < -0.4 is 10.2 Å². The minimum Gasteiger partial charge on any atom is -0.368 e. The fourth-order valence-corrected chi connectivity index (χ4v) is 3.55. The molecule has 0 saturated carbocycles. The van der Waals surface area contributed by atoms with E-state index in [9.17, 15) is 4.79 Å². The van der Waals surface area contributed by atoms with Crippen molar-refractivity contribution in [1.29, 1.82) is 0 Å². The Morgan fingerprint density at radius 3 is 2.88 bits per heavy atom. The van der Waals surface area contributed by atoms with Crippen molar-refractivity contribution in [2.45, 2.75) is 31.9 Å². The molecular weight excluding hydrogens is 300 g/mol. The van der Waals surface area contributed by atoms with E-state index in [-0.39, 0.29) is 12.0 Å². The molecule has 4 nitrogen and oxygen atoms in total. The number of amides is 1. The molecule has 2 aromatic carbocycles. The van der Waals surface area contributed by atoms with Gasteiger partial charge < -0.3 is 15.0 Å². The first kappa shape index (κ1) is 15.2. The van der Waals surface area contributed by atoms with E-state index < -0.39 is 0 Å². The summed E-state index contributed by atoms with van der Waals surface area (Å²) in [5, 5.41) is 3.06. The van der Waals surface area contributed by atoms with Crippen LogP contribution >= 0.6 is 0 Å². The third-order valence-electron chi connectivity index (χ3n) is 4.84. The van der Waals surface area contributed by atoms with Gasteiger partial charge in [-0.1, -0.05) is 36.4 Å². The Kier molecular flexibility index (Phi) is 4.22. The second-order valence-electron chi connectivity index (χ2n) is 6.45. The van der Waals surface area contributed by atoms with Gasteiger partial charge in [-0.2, -0.15) is 0 Å². The number of carbonyl (C=O) groups is 1. The predicted octanol–water partition coefficient (Wildman–Crippen LogP) is 3.37. The molecule has 0 aliphatic carbocycles. The molecule has 2 aliphatic heterocycles. The standard InChI is InChI=1S/C20H22N2O2/c23-20(19-10-5-13-24-19)21-17-8-3-1-7-16(17)14-22-12-11-15-6-2-4-9-18(15)22/h1-4,6-9,19H,5,10-14H2,(H,21,23). The fourth-order valence-electron chi connectivity index (χ4n) is 3.55. The Balaban J connectivity index is 1.51. The van der Waals surface area contributed by atoms with E-state index in [4.69, 9.17) is 4.74 Å². The first-order chi connectivity index (χ1) is 11.8. The molecule has 1 N–H and O–H groups in total. The maximum atomic E-state index is 12.4. The summed E-state index contributed by atoms with van der Waals surface area (Å²) in [6.45, 7) is 2.51. The number of ether oxygens (including phenoxy) is 1. The lowest BCUT2D eigenvalue weighted by atomic mass is 10.1. The van der Waals surface area contributed by atoms with Gasteiger partial charge >= 0.3 is 0 Å². The van der Waals surface area contributed by atoms with Crippen LogP contribution in [-0.2, 0) is 22.5 Å². The Morgan fingerprint density at radius 2 is 2.00 bits per heavy atom. The third kappa shape index (κ3) is 3.02. The SMILES string of the molecule is O=C(Nc1ccccc1CN1CCc2ccccc21)C1CCCO1. The van der Waals surface area contributed by atoms with Gasteiger partial charge in [-0.25, -0.2) is 0 Å². The number of fused-ring (bicyclic) bond motifs is 1. The van der Waals surface area contributed by atoms with Gasteiger partial charge in [-0.3, -0.25) is 4.79 Å². The van der Waals surface area contributed by atoms with Crippen LogP contribution in [0.25, 0.3) is 0 Å². The highest BCUT2D eigenvalue weighted by Gasteiger charge is 2.25. The average molecular weight is 322 g/mol. The zero-order valence-corrected chi connectivity index (χ0v) is 13.7. The van der Waals surface area contributed by atoms with Crippen LogP contribution in [0.5, 0.6) is 0 Å². The average Bonchev–Trinajstić information content (AvgIpc) is 3.27. The summed E-state index contributed by atoms with van der Waals surface area (Å²) in [5.74, 6) is -0.0261. The number of para-hydroxylation sites is 2. The van der Waals surface area contributed by atoms with E-state index in [0.29, 0.717) is 6.61 Å². The highest BCUT2D eigenvalue weighted by atomic mass is 16.5. The molecule has 0 bridgehead atoms. The van der Waals surface area contributed by atoms with Crippen molar-refractivity contribution >= 4 is 17.3 Å². The zero-order chi connectivity index (χ0) is 16.4. The van der Waals surface area contributed by atoms with E-state index in [2.05, 4.69) is 40.5 Å². The summed E-state index contributed by atoms with van der Waals surface area (Å²) in [6, 6.07) is 16.6. The highest BCUT2D eigenvalue weighted by Crippen LogP contribution is 2.30. The third-order valence-corrected chi connectivity index (χ3v) is 4.84. The lowest BCUT2D eigenvalue weighted by Crippen LogP contribution is -2.28. The fraction of sp³-hybridized carbons (Fsp3) is 0.350. The van der Waals surface area contributed by atoms with Crippen molar-refractivity contribution in [2.24, 2.45) is 0 Å². The number of nitrogens with one attached hydrogen (secondary N) is 1. The number of benzene rings is 2. The summed E-state index contributed by atoms with van der Waals surface area (Å²) in [7, 11) is 0. The molecule has 24 heavy (non-hydrogen) atoms. The Morgan fingerprint density at radius 1 is 1.17 bits per heavy atom. The number of anilines is 2. The molecule has 2 heterocycles. The molecular formula is C20H22N2O2. The minimum atomic E-state index is -0.300. The zero-order valence-electron chi connectivity index (χ0n) is 13.7. The maximum Gasteiger partial charge on any atom is 0.253 e. The molecule has 4 heteroatoms. The molecule has 2 aromatic rings. The molecule has 0 aromatic heterocycles. The molecule has 1 fully saturated rings. The van der Waals surface area contributed by atoms with Crippen LogP contribution in [0, 0.1) is 0 Å². The minimum absolute atomic E-state index is 0.0261. The van der Waals surface area contributed by atoms with Crippen LogP contribution in [0.4, 0.5) is 11.4 Å². The van der Waals surface area contributed by atoms with Crippen LogP contribution in [0.15, 0.2) is 48.5 Å².